The van der Waals surface area contributed by atoms with Gasteiger partial charge in [-0.1, -0.05) is 42.2 Å². The van der Waals surface area contributed by atoms with Crippen molar-refractivity contribution in [3.05, 3.63) is 65.7 Å². The van der Waals surface area contributed by atoms with E-state index in [1.807, 2.05) is 30.3 Å². The van der Waals surface area contributed by atoms with Crippen LogP contribution in [0.4, 0.5) is 0 Å². The van der Waals surface area contributed by atoms with Crippen LogP contribution in [0.1, 0.15) is 11.1 Å². The van der Waals surface area contributed by atoms with Gasteiger partial charge < -0.3 is 0 Å². The third-order valence-electron chi connectivity index (χ3n) is 2.65. The summed E-state index contributed by atoms with van der Waals surface area (Å²) in [5, 5.41) is 0. The molecule has 0 saturated heterocycles. The van der Waals surface area contributed by atoms with Crippen LogP contribution >= 0.6 is 0 Å². The van der Waals surface area contributed by atoms with Gasteiger partial charge in [0.15, 0.2) is 9.84 Å². The van der Waals surface area contributed by atoms with Gasteiger partial charge in [-0.3, -0.25) is 0 Å². The van der Waals surface area contributed by atoms with E-state index >= 15 is 0 Å². The van der Waals surface area contributed by atoms with Crippen molar-refractivity contribution in [2.24, 2.45) is 0 Å². The molecule has 0 aliphatic carbocycles. The zero-order valence-corrected chi connectivity index (χ0v) is 11.4. The summed E-state index contributed by atoms with van der Waals surface area (Å²) in [6, 6.07) is 16.6. The van der Waals surface area contributed by atoms with Gasteiger partial charge in [-0.25, -0.2) is 8.42 Å². The maximum Gasteiger partial charge on any atom is 0.175 e. The summed E-state index contributed by atoms with van der Waals surface area (Å²) in [6.07, 6.45) is 1.82. The molecule has 0 heterocycles. The third-order valence-corrected chi connectivity index (χ3v) is 3.78. The molecular weight excluding hydrogens is 256 g/mol. The van der Waals surface area contributed by atoms with E-state index in [1.54, 1.807) is 24.3 Å². The molecule has 0 aliphatic heterocycles. The molecule has 0 unspecified atom stereocenters. The van der Waals surface area contributed by atoms with E-state index in [-0.39, 0.29) is 0 Å². The SMILES string of the molecule is CS(=O)(=O)c1ccc(CC#Cc2ccccc2)cc1. The predicted octanol–water partition coefficient (Wildman–Crippen LogP) is 2.68. The van der Waals surface area contributed by atoms with Gasteiger partial charge >= 0.3 is 0 Å². The standard InChI is InChI=1S/C16H14O2S/c1-19(17,18)16-12-10-15(11-13-16)9-5-8-14-6-3-2-4-7-14/h2-4,6-7,10-13H,9H2,1H3. The van der Waals surface area contributed by atoms with Crippen molar-refractivity contribution in [1.82, 2.24) is 0 Å². The van der Waals surface area contributed by atoms with Crippen molar-refractivity contribution in [3.63, 3.8) is 0 Å². The minimum absolute atomic E-state index is 0.340. The van der Waals surface area contributed by atoms with Crippen molar-refractivity contribution in [2.75, 3.05) is 6.26 Å². The Hall–Kier alpha value is -2.05. The van der Waals surface area contributed by atoms with Crippen LogP contribution in [0.5, 0.6) is 0 Å². The van der Waals surface area contributed by atoms with E-state index in [9.17, 15) is 8.42 Å². The Balaban J connectivity index is 2.08. The molecule has 0 saturated carbocycles. The van der Waals surface area contributed by atoms with Gasteiger partial charge in [-0.2, -0.15) is 0 Å². The van der Waals surface area contributed by atoms with Gasteiger partial charge in [-0.05, 0) is 29.8 Å². The van der Waals surface area contributed by atoms with Crippen LogP contribution in [0.2, 0.25) is 0 Å². The summed E-state index contributed by atoms with van der Waals surface area (Å²) in [5.41, 5.74) is 1.99. The monoisotopic (exact) mass is 270 g/mol. The fourth-order valence-corrected chi connectivity index (χ4v) is 2.25. The van der Waals surface area contributed by atoms with Crippen LogP contribution in [0.25, 0.3) is 0 Å². The number of rotatable bonds is 2. The summed E-state index contributed by atoms with van der Waals surface area (Å²) in [5.74, 6) is 6.15. The average molecular weight is 270 g/mol. The lowest BCUT2D eigenvalue weighted by Crippen LogP contribution is -1.96. The zero-order valence-electron chi connectivity index (χ0n) is 10.6. The van der Waals surface area contributed by atoms with E-state index < -0.39 is 9.84 Å². The molecule has 0 fully saturated rings. The highest BCUT2D eigenvalue weighted by molar-refractivity contribution is 7.90. The van der Waals surface area contributed by atoms with Gasteiger partial charge in [-0.15, -0.1) is 0 Å². The summed E-state index contributed by atoms with van der Waals surface area (Å²) < 4.78 is 22.6. The van der Waals surface area contributed by atoms with Crippen molar-refractivity contribution >= 4 is 9.84 Å². The minimum atomic E-state index is -3.12. The molecule has 0 spiro atoms. The van der Waals surface area contributed by atoms with Gasteiger partial charge in [0.05, 0.1) is 4.90 Å². The Morgan fingerprint density at radius 3 is 2.16 bits per heavy atom. The van der Waals surface area contributed by atoms with Gasteiger partial charge in [0, 0.05) is 18.2 Å². The first-order chi connectivity index (χ1) is 9.05. The van der Waals surface area contributed by atoms with Crippen LogP contribution in [0, 0.1) is 11.8 Å². The second kappa shape index (κ2) is 5.73. The quantitative estimate of drug-likeness (QED) is 0.786. The lowest BCUT2D eigenvalue weighted by Gasteiger charge is -1.99. The zero-order chi connectivity index (χ0) is 13.7. The lowest BCUT2D eigenvalue weighted by molar-refractivity contribution is 0.602. The average Bonchev–Trinajstić information content (AvgIpc) is 2.39. The molecule has 3 heteroatoms. The summed E-state index contributed by atoms with van der Waals surface area (Å²) >= 11 is 0. The Bertz CT molecular complexity index is 703. The van der Waals surface area contributed by atoms with Crippen LogP contribution in [-0.2, 0) is 16.3 Å². The van der Waals surface area contributed by atoms with E-state index in [0.29, 0.717) is 11.3 Å². The maximum atomic E-state index is 11.3. The number of hydrogen-bond acceptors (Lipinski definition) is 2. The van der Waals surface area contributed by atoms with E-state index in [0.717, 1.165) is 11.1 Å². The molecule has 96 valence electrons. The van der Waals surface area contributed by atoms with Crippen molar-refractivity contribution in [2.45, 2.75) is 11.3 Å². The smallest absolute Gasteiger partial charge is 0.175 e. The fraction of sp³-hybridized carbons (Fsp3) is 0.125. The van der Waals surface area contributed by atoms with E-state index in [2.05, 4.69) is 11.8 Å². The van der Waals surface area contributed by atoms with E-state index in [1.165, 1.54) is 6.26 Å². The minimum Gasteiger partial charge on any atom is -0.224 e. The molecule has 2 aromatic carbocycles. The topological polar surface area (TPSA) is 34.1 Å². The van der Waals surface area contributed by atoms with Crippen LogP contribution in [0.3, 0.4) is 0 Å². The maximum absolute atomic E-state index is 11.3. The molecule has 19 heavy (non-hydrogen) atoms. The third kappa shape index (κ3) is 3.97. The predicted molar refractivity (Wildman–Crippen MR) is 76.6 cm³/mol. The lowest BCUT2D eigenvalue weighted by atomic mass is 10.1. The molecule has 0 amide bonds. The van der Waals surface area contributed by atoms with E-state index in [4.69, 9.17) is 0 Å². The van der Waals surface area contributed by atoms with Crippen molar-refractivity contribution < 1.29 is 8.42 Å². The molecule has 2 nitrogen and oxygen atoms in total. The molecular formula is C16H14O2S. The van der Waals surface area contributed by atoms with Crippen LogP contribution < -0.4 is 0 Å². The summed E-state index contributed by atoms with van der Waals surface area (Å²) in [7, 11) is -3.12. The second-order valence-corrected chi connectivity index (χ2v) is 6.28. The molecule has 0 bridgehead atoms. The molecule has 2 rings (SSSR count). The molecule has 0 aromatic heterocycles. The first-order valence-corrected chi connectivity index (χ1v) is 7.78. The highest BCUT2D eigenvalue weighted by atomic mass is 32.2. The van der Waals surface area contributed by atoms with Crippen LogP contribution in [-0.4, -0.2) is 14.7 Å². The largest absolute Gasteiger partial charge is 0.224 e. The van der Waals surface area contributed by atoms with Gasteiger partial charge in [0.1, 0.15) is 0 Å². The molecule has 2 aromatic rings. The second-order valence-electron chi connectivity index (χ2n) is 4.26. The number of hydrogen-bond donors (Lipinski definition) is 0. The first-order valence-electron chi connectivity index (χ1n) is 5.88. The Kier molecular flexibility index (Phi) is 4.03. The molecule has 0 radical (unpaired) electrons. The van der Waals surface area contributed by atoms with Crippen molar-refractivity contribution in [1.29, 1.82) is 0 Å². The Labute approximate surface area is 114 Å². The fourth-order valence-electron chi connectivity index (χ4n) is 1.62. The Morgan fingerprint density at radius 2 is 1.58 bits per heavy atom. The molecule has 0 atom stereocenters. The number of benzene rings is 2. The van der Waals surface area contributed by atoms with Gasteiger partial charge in [0.2, 0.25) is 0 Å². The molecule has 0 N–H and O–H groups in total. The van der Waals surface area contributed by atoms with Gasteiger partial charge in [0.25, 0.3) is 0 Å². The summed E-state index contributed by atoms with van der Waals surface area (Å²) in [6.45, 7) is 0. The normalized spacial score (nSPS) is 10.6. The molecule has 0 aliphatic rings. The summed E-state index contributed by atoms with van der Waals surface area (Å²) in [4.78, 5) is 0.340. The number of sulfone groups is 1. The van der Waals surface area contributed by atoms with Crippen LogP contribution in [0.15, 0.2) is 59.5 Å². The Morgan fingerprint density at radius 1 is 0.947 bits per heavy atom. The highest BCUT2D eigenvalue weighted by Crippen LogP contribution is 2.10. The van der Waals surface area contributed by atoms with Crippen molar-refractivity contribution in [3.8, 4) is 11.8 Å². The first kappa shape index (κ1) is 13.4. The highest BCUT2D eigenvalue weighted by Gasteiger charge is 2.05.